The van der Waals surface area contributed by atoms with Gasteiger partial charge in [0.15, 0.2) is 0 Å². The highest BCUT2D eigenvalue weighted by Gasteiger charge is 2.09. The van der Waals surface area contributed by atoms with E-state index in [1.54, 1.807) is 6.20 Å². The summed E-state index contributed by atoms with van der Waals surface area (Å²) in [4.78, 5) is 23.4. The predicted octanol–water partition coefficient (Wildman–Crippen LogP) is 2.70. The van der Waals surface area contributed by atoms with Crippen molar-refractivity contribution in [2.45, 2.75) is 26.7 Å². The van der Waals surface area contributed by atoms with Gasteiger partial charge in [-0.2, -0.15) is 0 Å². The van der Waals surface area contributed by atoms with Crippen LogP contribution in [0.15, 0.2) is 23.1 Å². The maximum atomic E-state index is 11.9. The number of aryl methyl sites for hydroxylation is 2. The molecule has 4 nitrogen and oxygen atoms in total. The van der Waals surface area contributed by atoms with Crippen molar-refractivity contribution < 1.29 is 0 Å². The van der Waals surface area contributed by atoms with E-state index >= 15 is 0 Å². The molecule has 0 radical (unpaired) electrons. The smallest absolute Gasteiger partial charge is 0.264 e. The molecule has 0 spiro atoms. The van der Waals surface area contributed by atoms with Crippen molar-refractivity contribution >= 4 is 22.6 Å². The molecule has 0 unspecified atom stereocenters. The van der Waals surface area contributed by atoms with E-state index in [1.165, 1.54) is 0 Å². The van der Waals surface area contributed by atoms with Gasteiger partial charge in [-0.3, -0.25) is 9.78 Å². The molecule has 94 valence electrons. The van der Waals surface area contributed by atoms with Gasteiger partial charge in [-0.15, -0.1) is 0 Å². The topological polar surface area (TPSA) is 58.6 Å². The van der Waals surface area contributed by atoms with Gasteiger partial charge in [0, 0.05) is 17.5 Å². The van der Waals surface area contributed by atoms with E-state index in [-0.39, 0.29) is 5.56 Å². The van der Waals surface area contributed by atoms with Gasteiger partial charge in [-0.25, -0.2) is 4.98 Å². The van der Waals surface area contributed by atoms with Crippen LogP contribution in [-0.4, -0.2) is 15.0 Å². The van der Waals surface area contributed by atoms with Gasteiger partial charge in [-0.05, 0) is 48.1 Å². The van der Waals surface area contributed by atoms with Crippen LogP contribution < -0.4 is 5.56 Å². The van der Waals surface area contributed by atoms with Crippen LogP contribution in [0.25, 0.3) is 11.4 Å². The number of pyridine rings is 1. The minimum Gasteiger partial charge on any atom is -0.306 e. The Bertz CT molecular complexity index is 605. The lowest BCUT2D eigenvalue weighted by molar-refractivity contribution is 0.860. The van der Waals surface area contributed by atoms with E-state index < -0.39 is 0 Å². The quantitative estimate of drug-likeness (QED) is 0.862. The Morgan fingerprint density at radius 3 is 2.78 bits per heavy atom. The van der Waals surface area contributed by atoms with Crippen molar-refractivity contribution in [1.82, 2.24) is 15.0 Å². The van der Waals surface area contributed by atoms with Gasteiger partial charge in [0.05, 0.1) is 9.26 Å². The monoisotopic (exact) mass is 355 g/mol. The summed E-state index contributed by atoms with van der Waals surface area (Å²) < 4.78 is 0.679. The average Bonchev–Trinajstić information content (AvgIpc) is 2.36. The zero-order chi connectivity index (χ0) is 13.1. The van der Waals surface area contributed by atoms with Gasteiger partial charge in [0.25, 0.3) is 5.56 Å². The van der Waals surface area contributed by atoms with Crippen LogP contribution in [0.4, 0.5) is 0 Å². The van der Waals surface area contributed by atoms with Crippen molar-refractivity contribution in [3.05, 3.63) is 43.6 Å². The normalized spacial score (nSPS) is 10.6. The minimum absolute atomic E-state index is 0.0791. The molecule has 0 aliphatic heterocycles. The van der Waals surface area contributed by atoms with Gasteiger partial charge in [-0.1, -0.05) is 13.3 Å². The van der Waals surface area contributed by atoms with Gasteiger partial charge in [0.2, 0.25) is 0 Å². The lowest BCUT2D eigenvalue weighted by Gasteiger charge is -2.06. The molecule has 2 aromatic rings. The van der Waals surface area contributed by atoms with E-state index in [4.69, 9.17) is 0 Å². The lowest BCUT2D eigenvalue weighted by atomic mass is 10.2. The van der Waals surface area contributed by atoms with Crippen molar-refractivity contribution in [2.24, 2.45) is 0 Å². The van der Waals surface area contributed by atoms with E-state index in [1.807, 2.05) is 41.6 Å². The van der Waals surface area contributed by atoms with Crippen LogP contribution in [0.1, 0.15) is 24.7 Å². The summed E-state index contributed by atoms with van der Waals surface area (Å²) in [7, 11) is 0. The summed E-state index contributed by atoms with van der Waals surface area (Å²) in [5.74, 6) is 0.594. The Kier molecular flexibility index (Phi) is 4.11. The summed E-state index contributed by atoms with van der Waals surface area (Å²) in [6.45, 7) is 4.00. The molecular weight excluding hydrogens is 341 g/mol. The lowest BCUT2D eigenvalue weighted by Crippen LogP contribution is -2.16. The molecule has 0 bridgehead atoms. The first-order valence-corrected chi connectivity index (χ1v) is 6.91. The van der Waals surface area contributed by atoms with Crippen molar-refractivity contribution in [2.75, 3.05) is 0 Å². The van der Waals surface area contributed by atoms with Crippen LogP contribution in [0.2, 0.25) is 0 Å². The molecule has 0 saturated carbocycles. The summed E-state index contributed by atoms with van der Waals surface area (Å²) in [6, 6.07) is 3.83. The Morgan fingerprint density at radius 2 is 2.17 bits per heavy atom. The number of nitrogens with zero attached hydrogens (tertiary/aromatic N) is 2. The van der Waals surface area contributed by atoms with Crippen LogP contribution in [0, 0.1) is 10.5 Å². The summed E-state index contributed by atoms with van der Waals surface area (Å²) in [6.07, 6.45) is 3.52. The molecular formula is C13H14IN3O. The number of H-pyrrole nitrogens is 1. The molecule has 2 aromatic heterocycles. The highest BCUT2D eigenvalue weighted by atomic mass is 127. The van der Waals surface area contributed by atoms with Crippen molar-refractivity contribution in [1.29, 1.82) is 0 Å². The number of hydrogen-bond donors (Lipinski definition) is 1. The first kappa shape index (κ1) is 13.2. The van der Waals surface area contributed by atoms with Crippen molar-refractivity contribution in [3.8, 4) is 11.4 Å². The Hall–Kier alpha value is -1.24. The maximum Gasteiger partial charge on any atom is 0.264 e. The van der Waals surface area contributed by atoms with Crippen LogP contribution in [-0.2, 0) is 6.42 Å². The second kappa shape index (κ2) is 5.60. The highest BCUT2D eigenvalue weighted by Crippen LogP contribution is 2.15. The Balaban J connectivity index is 2.51. The molecule has 0 atom stereocenters. The van der Waals surface area contributed by atoms with Crippen LogP contribution in [0.5, 0.6) is 0 Å². The fourth-order valence-corrected chi connectivity index (χ4v) is 2.18. The number of aromatic amines is 1. The van der Waals surface area contributed by atoms with Crippen LogP contribution in [0.3, 0.4) is 0 Å². The van der Waals surface area contributed by atoms with E-state index in [0.29, 0.717) is 9.39 Å². The van der Waals surface area contributed by atoms with Gasteiger partial charge < -0.3 is 4.98 Å². The maximum absolute atomic E-state index is 11.9. The molecule has 0 fully saturated rings. The molecule has 2 rings (SSSR count). The number of rotatable bonds is 3. The molecule has 2 heterocycles. The second-order valence-electron chi connectivity index (χ2n) is 4.11. The molecule has 0 aliphatic rings. The number of nitrogens with one attached hydrogen (secondary N) is 1. The van der Waals surface area contributed by atoms with Gasteiger partial charge >= 0.3 is 0 Å². The Morgan fingerprint density at radius 1 is 1.39 bits per heavy atom. The van der Waals surface area contributed by atoms with Crippen molar-refractivity contribution in [3.63, 3.8) is 0 Å². The third-order valence-corrected chi connectivity index (χ3v) is 3.72. The molecule has 5 heteroatoms. The highest BCUT2D eigenvalue weighted by molar-refractivity contribution is 14.1. The average molecular weight is 355 g/mol. The molecule has 18 heavy (non-hydrogen) atoms. The largest absolute Gasteiger partial charge is 0.306 e. The molecule has 0 aromatic carbocycles. The molecule has 0 saturated heterocycles. The zero-order valence-corrected chi connectivity index (χ0v) is 12.5. The number of aromatic nitrogens is 3. The Labute approximate surface area is 119 Å². The fourth-order valence-electron chi connectivity index (χ4n) is 1.65. The number of hydrogen-bond acceptors (Lipinski definition) is 3. The SMILES string of the molecule is CCCc1nc(-c2ccc(C)nc2)[nH]c(=O)c1I. The summed E-state index contributed by atoms with van der Waals surface area (Å²) in [5.41, 5.74) is 2.56. The van der Waals surface area contributed by atoms with Gasteiger partial charge in [0.1, 0.15) is 5.82 Å². The molecule has 0 amide bonds. The van der Waals surface area contributed by atoms with E-state index in [9.17, 15) is 4.79 Å². The van der Waals surface area contributed by atoms with E-state index in [2.05, 4.69) is 21.9 Å². The third-order valence-electron chi connectivity index (χ3n) is 2.60. The predicted molar refractivity (Wildman–Crippen MR) is 79.5 cm³/mol. The fraction of sp³-hybridized carbons (Fsp3) is 0.308. The zero-order valence-electron chi connectivity index (χ0n) is 10.3. The summed E-state index contributed by atoms with van der Waals surface area (Å²) in [5, 5.41) is 0. The first-order valence-electron chi connectivity index (χ1n) is 5.83. The number of halogens is 1. The second-order valence-corrected chi connectivity index (χ2v) is 5.19. The van der Waals surface area contributed by atoms with Crippen LogP contribution >= 0.6 is 22.6 Å². The summed E-state index contributed by atoms with van der Waals surface area (Å²) >= 11 is 2.05. The standard InChI is InChI=1S/C13H14IN3O/c1-3-4-10-11(14)13(18)17-12(16-10)9-6-5-8(2)15-7-9/h5-7H,3-4H2,1-2H3,(H,16,17,18). The molecule has 0 aliphatic carbocycles. The molecule has 1 N–H and O–H groups in total. The first-order chi connectivity index (χ1) is 8.61. The third kappa shape index (κ3) is 2.77. The van der Waals surface area contributed by atoms with E-state index in [0.717, 1.165) is 29.8 Å². The minimum atomic E-state index is -0.0791.